The molecule has 0 saturated heterocycles. The van der Waals surface area contributed by atoms with Crippen molar-refractivity contribution in [1.82, 2.24) is 5.01 Å². The summed E-state index contributed by atoms with van der Waals surface area (Å²) in [7, 11) is 0. The van der Waals surface area contributed by atoms with E-state index in [2.05, 4.69) is 0 Å². The molecule has 0 aliphatic carbocycles. The van der Waals surface area contributed by atoms with Gasteiger partial charge in [-0.2, -0.15) is 0 Å². The maximum atomic E-state index is 10.1. The average Bonchev–Trinajstić information content (AvgIpc) is 1.87. The summed E-state index contributed by atoms with van der Waals surface area (Å²) < 4.78 is 0. The van der Waals surface area contributed by atoms with Crippen molar-refractivity contribution < 1.29 is 5.03 Å². The average molecular weight is 148 g/mol. The number of hydrogen-bond donors (Lipinski definition) is 2. The first-order chi connectivity index (χ1) is 4.72. The van der Waals surface area contributed by atoms with E-state index < -0.39 is 5.03 Å². The summed E-state index contributed by atoms with van der Waals surface area (Å²) >= 11 is 0. The summed E-state index contributed by atoms with van der Waals surface area (Å²) in [5.74, 6) is 0. The van der Waals surface area contributed by atoms with E-state index in [4.69, 9.17) is 11.5 Å². The van der Waals surface area contributed by atoms with Gasteiger partial charge >= 0.3 is 0 Å². The molecule has 0 fully saturated rings. The fraction of sp³-hybridized carbons (Fsp3) is 1.00. The van der Waals surface area contributed by atoms with Crippen LogP contribution in [0.5, 0.6) is 0 Å². The van der Waals surface area contributed by atoms with Crippen LogP contribution in [0.15, 0.2) is 0 Å². The Labute approximate surface area is 58.9 Å². The van der Waals surface area contributed by atoms with Gasteiger partial charge in [-0.05, 0) is 0 Å². The number of nitro groups is 1. The van der Waals surface area contributed by atoms with Crippen LogP contribution in [0.4, 0.5) is 0 Å². The molecule has 0 rings (SSSR count). The Balaban J connectivity index is 3.61. The Kier molecular flexibility index (Phi) is 4.51. The molecule has 10 heavy (non-hydrogen) atoms. The second kappa shape index (κ2) is 4.95. The molecule has 0 atom stereocenters. The van der Waals surface area contributed by atoms with Crippen molar-refractivity contribution in [3.8, 4) is 0 Å². The van der Waals surface area contributed by atoms with Gasteiger partial charge in [0.2, 0.25) is 0 Å². The molecule has 0 aromatic carbocycles. The second-order valence-electron chi connectivity index (χ2n) is 1.77. The van der Waals surface area contributed by atoms with Crippen LogP contribution in [-0.4, -0.2) is 36.2 Å². The molecule has 0 heterocycles. The summed E-state index contributed by atoms with van der Waals surface area (Å²) in [6.07, 6.45) is 0. The molecule has 0 radical (unpaired) electrons. The minimum absolute atomic E-state index is 0.254. The number of hydrazine groups is 1. The summed E-state index contributed by atoms with van der Waals surface area (Å²) in [4.78, 5) is 10.1. The Morgan fingerprint density at radius 2 is 1.70 bits per heavy atom. The largest absolute Gasteiger partial charge is 0.329 e. The van der Waals surface area contributed by atoms with Crippen molar-refractivity contribution in [2.24, 2.45) is 11.5 Å². The minimum atomic E-state index is -0.486. The topological polar surface area (TPSA) is 98.4 Å². The molecule has 0 aromatic rings. The third-order valence-electron chi connectivity index (χ3n) is 1.01. The van der Waals surface area contributed by atoms with Gasteiger partial charge in [-0.1, -0.05) is 0 Å². The van der Waals surface area contributed by atoms with E-state index >= 15 is 0 Å². The summed E-state index contributed by atoms with van der Waals surface area (Å²) in [5, 5.41) is 10.6. The van der Waals surface area contributed by atoms with Crippen molar-refractivity contribution in [3.05, 3.63) is 10.1 Å². The molecular formula is C4H12N4O2. The molecule has 6 nitrogen and oxygen atoms in total. The van der Waals surface area contributed by atoms with Gasteiger partial charge in [0.05, 0.1) is 13.1 Å². The predicted octanol–water partition coefficient (Wildman–Crippen LogP) is -1.60. The summed E-state index contributed by atoms with van der Waals surface area (Å²) in [6.45, 7) is 1.07. The lowest BCUT2D eigenvalue weighted by atomic mass is 10.5. The van der Waals surface area contributed by atoms with E-state index in [0.717, 1.165) is 5.01 Å². The highest BCUT2D eigenvalue weighted by Gasteiger charge is 2.09. The van der Waals surface area contributed by atoms with Crippen LogP contribution in [0, 0.1) is 10.1 Å². The molecule has 0 unspecified atom stereocenters. The van der Waals surface area contributed by atoms with Crippen LogP contribution in [0.25, 0.3) is 0 Å². The van der Waals surface area contributed by atoms with Gasteiger partial charge in [0.15, 0.2) is 5.03 Å². The van der Waals surface area contributed by atoms with Crippen LogP contribution in [-0.2, 0) is 0 Å². The van der Waals surface area contributed by atoms with Crippen molar-refractivity contribution in [3.63, 3.8) is 0 Å². The quantitative estimate of drug-likeness (QED) is 0.361. The Morgan fingerprint density at radius 1 is 1.30 bits per heavy atom. The second-order valence-corrected chi connectivity index (χ2v) is 1.77. The fourth-order valence-electron chi connectivity index (χ4n) is 0.573. The minimum Gasteiger partial charge on any atom is -0.329 e. The first kappa shape index (κ1) is 9.12. The molecule has 4 N–H and O–H groups in total. The predicted molar refractivity (Wildman–Crippen MR) is 36.7 cm³/mol. The van der Waals surface area contributed by atoms with Crippen molar-refractivity contribution in [2.45, 2.75) is 0 Å². The SMILES string of the molecule is NCCN(CCN)[N+](=O)[O-]. The van der Waals surface area contributed by atoms with Crippen molar-refractivity contribution in [1.29, 1.82) is 0 Å². The third kappa shape index (κ3) is 3.21. The number of nitrogens with two attached hydrogens (primary N) is 2. The molecule has 0 saturated carbocycles. The van der Waals surface area contributed by atoms with Crippen LogP contribution in [0.1, 0.15) is 0 Å². The zero-order valence-corrected chi connectivity index (χ0v) is 5.69. The van der Waals surface area contributed by atoms with Crippen LogP contribution in [0.3, 0.4) is 0 Å². The molecule has 0 aromatic heterocycles. The molecular weight excluding hydrogens is 136 g/mol. The van der Waals surface area contributed by atoms with Gasteiger partial charge in [-0.15, -0.1) is 5.01 Å². The third-order valence-corrected chi connectivity index (χ3v) is 1.01. The van der Waals surface area contributed by atoms with Gasteiger partial charge in [0, 0.05) is 13.1 Å². The van der Waals surface area contributed by atoms with E-state index in [1.165, 1.54) is 0 Å². The van der Waals surface area contributed by atoms with Gasteiger partial charge in [0.1, 0.15) is 0 Å². The van der Waals surface area contributed by atoms with Crippen LogP contribution < -0.4 is 11.5 Å². The summed E-state index contributed by atoms with van der Waals surface area (Å²) in [6, 6.07) is 0. The van der Waals surface area contributed by atoms with Gasteiger partial charge in [0.25, 0.3) is 0 Å². The molecule has 0 aliphatic rings. The highest BCUT2D eigenvalue weighted by molar-refractivity contribution is 4.45. The molecule has 0 aliphatic heterocycles. The molecule has 0 amide bonds. The first-order valence-electron chi connectivity index (χ1n) is 3.01. The van der Waals surface area contributed by atoms with E-state index in [-0.39, 0.29) is 26.2 Å². The van der Waals surface area contributed by atoms with E-state index in [1.54, 1.807) is 0 Å². The van der Waals surface area contributed by atoms with Crippen LogP contribution >= 0.6 is 0 Å². The van der Waals surface area contributed by atoms with Crippen molar-refractivity contribution in [2.75, 3.05) is 26.2 Å². The molecule has 0 spiro atoms. The Hall–Kier alpha value is -0.880. The molecule has 0 bridgehead atoms. The monoisotopic (exact) mass is 148 g/mol. The van der Waals surface area contributed by atoms with Crippen molar-refractivity contribution >= 4 is 0 Å². The highest BCUT2D eigenvalue weighted by atomic mass is 16.7. The zero-order valence-electron chi connectivity index (χ0n) is 5.69. The Morgan fingerprint density at radius 3 is 1.90 bits per heavy atom. The van der Waals surface area contributed by atoms with Gasteiger partial charge < -0.3 is 11.5 Å². The van der Waals surface area contributed by atoms with Gasteiger partial charge in [-0.3, -0.25) is 0 Å². The van der Waals surface area contributed by atoms with Crippen LogP contribution in [0.2, 0.25) is 0 Å². The molecule has 6 heteroatoms. The normalized spacial score (nSPS) is 9.40. The number of rotatable bonds is 5. The smallest absolute Gasteiger partial charge is 0.160 e. The van der Waals surface area contributed by atoms with E-state index in [1.807, 2.05) is 0 Å². The lowest BCUT2D eigenvalue weighted by Gasteiger charge is -2.10. The van der Waals surface area contributed by atoms with E-state index in [0.29, 0.717) is 0 Å². The first-order valence-corrected chi connectivity index (χ1v) is 3.01. The zero-order chi connectivity index (χ0) is 7.98. The lowest BCUT2D eigenvalue weighted by Crippen LogP contribution is -2.38. The number of nitrogens with zero attached hydrogens (tertiary/aromatic N) is 2. The molecule has 60 valence electrons. The number of hydrogen-bond acceptors (Lipinski definition) is 4. The maximum Gasteiger partial charge on any atom is 0.160 e. The summed E-state index contributed by atoms with van der Waals surface area (Å²) in [5.41, 5.74) is 10.2. The van der Waals surface area contributed by atoms with Gasteiger partial charge in [-0.25, -0.2) is 10.1 Å². The maximum absolute atomic E-state index is 10.1. The Bertz CT molecular complexity index is 101. The standard InChI is InChI=1S/C4H12N4O2/c5-1-3-7(4-2-6)8(9)10/h1-6H2. The highest BCUT2D eigenvalue weighted by Crippen LogP contribution is 1.83. The fourth-order valence-corrected chi connectivity index (χ4v) is 0.573. The lowest BCUT2D eigenvalue weighted by molar-refractivity contribution is -0.654. The van der Waals surface area contributed by atoms with E-state index in [9.17, 15) is 10.1 Å².